The van der Waals surface area contributed by atoms with Gasteiger partial charge in [0.25, 0.3) is 0 Å². The summed E-state index contributed by atoms with van der Waals surface area (Å²) in [5, 5.41) is 5.15. The molecule has 0 saturated carbocycles. The van der Waals surface area contributed by atoms with Gasteiger partial charge in [-0.15, -0.1) is 11.8 Å². The molecule has 2 aromatic carbocycles. The van der Waals surface area contributed by atoms with Crippen molar-refractivity contribution in [2.24, 2.45) is 5.10 Å². The topological polar surface area (TPSA) is 41.5 Å². The minimum absolute atomic E-state index is 0.182. The van der Waals surface area contributed by atoms with E-state index in [1.54, 1.807) is 18.2 Å². The van der Waals surface area contributed by atoms with Gasteiger partial charge in [0.1, 0.15) is 0 Å². The summed E-state index contributed by atoms with van der Waals surface area (Å²) in [7, 11) is 0. The number of benzene rings is 2. The van der Waals surface area contributed by atoms with Gasteiger partial charge in [0.2, 0.25) is 5.91 Å². The number of nitrogens with zero attached hydrogens (tertiary/aromatic N) is 1. The fourth-order valence-electron chi connectivity index (χ4n) is 1.47. The molecule has 1 N–H and O–H groups in total. The summed E-state index contributed by atoms with van der Waals surface area (Å²) in [5.41, 5.74) is 3.22. The highest BCUT2D eigenvalue weighted by atomic mass is 35.5. The van der Waals surface area contributed by atoms with Gasteiger partial charge in [-0.05, 0) is 30.3 Å². The van der Waals surface area contributed by atoms with Crippen LogP contribution < -0.4 is 5.43 Å². The lowest BCUT2D eigenvalue weighted by molar-refractivity contribution is -0.118. The first-order valence-corrected chi connectivity index (χ1v) is 7.84. The number of rotatable bonds is 5. The van der Waals surface area contributed by atoms with Crippen molar-refractivity contribution >= 4 is 47.1 Å². The summed E-state index contributed by atoms with van der Waals surface area (Å²) in [6.07, 6.45) is 1.52. The van der Waals surface area contributed by atoms with Gasteiger partial charge in [0.15, 0.2) is 0 Å². The zero-order chi connectivity index (χ0) is 15.1. The quantitative estimate of drug-likeness (QED) is 0.503. The zero-order valence-corrected chi connectivity index (χ0v) is 13.3. The van der Waals surface area contributed by atoms with Gasteiger partial charge >= 0.3 is 0 Å². The summed E-state index contributed by atoms with van der Waals surface area (Å²) >= 11 is 13.2. The van der Waals surface area contributed by atoms with Crippen LogP contribution >= 0.6 is 35.0 Å². The third-order valence-corrected chi connectivity index (χ3v) is 4.09. The number of hydrogen-bond donors (Lipinski definition) is 1. The molecule has 0 saturated heterocycles. The maximum Gasteiger partial charge on any atom is 0.250 e. The number of nitrogens with one attached hydrogen (secondary N) is 1. The maximum atomic E-state index is 11.7. The van der Waals surface area contributed by atoms with Crippen molar-refractivity contribution in [1.29, 1.82) is 0 Å². The zero-order valence-electron chi connectivity index (χ0n) is 10.9. The van der Waals surface area contributed by atoms with Crippen LogP contribution in [0.1, 0.15) is 5.56 Å². The molecule has 0 fully saturated rings. The molecule has 0 radical (unpaired) electrons. The molecule has 6 heteroatoms. The average Bonchev–Trinajstić information content (AvgIpc) is 2.49. The van der Waals surface area contributed by atoms with E-state index in [9.17, 15) is 4.79 Å². The first-order chi connectivity index (χ1) is 10.1. The molecule has 1 amide bonds. The lowest BCUT2D eigenvalue weighted by atomic mass is 10.2. The number of hydrazone groups is 1. The molecule has 3 nitrogen and oxygen atoms in total. The normalized spacial score (nSPS) is 10.8. The van der Waals surface area contributed by atoms with Gasteiger partial charge in [-0.2, -0.15) is 5.10 Å². The van der Waals surface area contributed by atoms with E-state index in [2.05, 4.69) is 10.5 Å². The second kappa shape index (κ2) is 8.08. The first-order valence-electron chi connectivity index (χ1n) is 6.10. The molecule has 108 valence electrons. The Morgan fingerprint density at radius 3 is 2.57 bits per heavy atom. The third-order valence-electron chi connectivity index (χ3n) is 2.48. The Bertz CT molecular complexity index is 644. The minimum Gasteiger partial charge on any atom is -0.272 e. The molecule has 2 aromatic rings. The van der Waals surface area contributed by atoms with Gasteiger partial charge in [0.05, 0.1) is 12.0 Å². The van der Waals surface area contributed by atoms with Crippen LogP contribution in [0.25, 0.3) is 0 Å². The van der Waals surface area contributed by atoms with Crippen LogP contribution in [0.5, 0.6) is 0 Å². The average molecular weight is 339 g/mol. The Hall–Kier alpha value is -1.49. The predicted octanol–water partition coefficient (Wildman–Crippen LogP) is 4.24. The van der Waals surface area contributed by atoms with Gasteiger partial charge in [-0.3, -0.25) is 4.79 Å². The first kappa shape index (κ1) is 15.9. The second-order valence-electron chi connectivity index (χ2n) is 4.06. The Balaban J connectivity index is 1.80. The van der Waals surface area contributed by atoms with Crippen molar-refractivity contribution < 1.29 is 4.79 Å². The van der Waals surface area contributed by atoms with Crippen LogP contribution in [0.15, 0.2) is 58.5 Å². The van der Waals surface area contributed by atoms with Crippen molar-refractivity contribution in [2.45, 2.75) is 4.90 Å². The smallest absolute Gasteiger partial charge is 0.250 e. The Labute approximate surface area is 137 Å². The summed E-state index contributed by atoms with van der Waals surface area (Å²) in [6, 6.07) is 14.6. The largest absolute Gasteiger partial charge is 0.272 e. The molecular formula is C15H12Cl2N2OS. The molecular weight excluding hydrogens is 327 g/mol. The van der Waals surface area contributed by atoms with E-state index in [0.29, 0.717) is 10.0 Å². The van der Waals surface area contributed by atoms with Crippen LogP contribution in [-0.4, -0.2) is 17.9 Å². The molecule has 0 aliphatic carbocycles. The Morgan fingerprint density at radius 1 is 1.14 bits per heavy atom. The third kappa shape index (κ3) is 5.42. The molecule has 0 aliphatic rings. The summed E-state index contributed by atoms with van der Waals surface area (Å²) < 4.78 is 0. The van der Waals surface area contributed by atoms with E-state index >= 15 is 0 Å². The lowest BCUT2D eigenvalue weighted by Crippen LogP contribution is -2.19. The van der Waals surface area contributed by atoms with Crippen molar-refractivity contribution in [3.8, 4) is 0 Å². The van der Waals surface area contributed by atoms with Crippen LogP contribution in [0.3, 0.4) is 0 Å². The Kier molecular flexibility index (Phi) is 6.11. The number of carbonyl (C=O) groups excluding carboxylic acids is 1. The van der Waals surface area contributed by atoms with E-state index < -0.39 is 0 Å². The molecule has 0 spiro atoms. The second-order valence-corrected chi connectivity index (χ2v) is 5.95. The van der Waals surface area contributed by atoms with Crippen molar-refractivity contribution in [2.75, 3.05) is 5.75 Å². The van der Waals surface area contributed by atoms with Gasteiger partial charge in [0, 0.05) is 20.5 Å². The molecule has 0 heterocycles. The van der Waals surface area contributed by atoms with E-state index in [0.717, 1.165) is 10.5 Å². The minimum atomic E-state index is -0.182. The van der Waals surface area contributed by atoms with Crippen molar-refractivity contribution in [3.63, 3.8) is 0 Å². The van der Waals surface area contributed by atoms with Crippen LogP contribution in [-0.2, 0) is 4.79 Å². The summed E-state index contributed by atoms with van der Waals surface area (Å²) in [6.45, 7) is 0. The molecule has 0 aromatic heterocycles. The monoisotopic (exact) mass is 338 g/mol. The highest BCUT2D eigenvalue weighted by Crippen LogP contribution is 2.19. The van der Waals surface area contributed by atoms with Crippen LogP contribution in [0.4, 0.5) is 0 Å². The van der Waals surface area contributed by atoms with Crippen molar-refractivity contribution in [1.82, 2.24) is 5.43 Å². The number of carbonyl (C=O) groups is 1. The predicted molar refractivity (Wildman–Crippen MR) is 89.4 cm³/mol. The van der Waals surface area contributed by atoms with E-state index in [4.69, 9.17) is 23.2 Å². The fourth-order valence-corrected chi connectivity index (χ4v) is 2.47. The van der Waals surface area contributed by atoms with E-state index in [1.165, 1.54) is 18.0 Å². The fraction of sp³-hybridized carbons (Fsp3) is 0.0667. The summed E-state index contributed by atoms with van der Waals surface area (Å²) in [4.78, 5) is 12.6. The molecule has 0 bridgehead atoms. The van der Waals surface area contributed by atoms with E-state index in [-0.39, 0.29) is 11.7 Å². The molecule has 21 heavy (non-hydrogen) atoms. The van der Waals surface area contributed by atoms with Crippen LogP contribution in [0.2, 0.25) is 10.0 Å². The highest BCUT2D eigenvalue weighted by molar-refractivity contribution is 8.00. The number of amides is 1. The van der Waals surface area contributed by atoms with Gasteiger partial charge < -0.3 is 0 Å². The molecule has 0 atom stereocenters. The lowest BCUT2D eigenvalue weighted by Gasteiger charge is -2.01. The standard InChI is InChI=1S/C15H12Cl2N2OS/c16-12-5-7-13(8-6-12)21-10-15(20)19-18-9-11-3-1-2-4-14(11)17/h1-9H,10H2,(H,19,20)/b18-9+. The Morgan fingerprint density at radius 2 is 1.86 bits per heavy atom. The van der Waals surface area contributed by atoms with Crippen molar-refractivity contribution in [3.05, 3.63) is 64.1 Å². The molecule has 0 aliphatic heterocycles. The maximum absolute atomic E-state index is 11.7. The molecule has 0 unspecified atom stereocenters. The highest BCUT2D eigenvalue weighted by Gasteiger charge is 2.02. The molecule has 2 rings (SSSR count). The summed E-state index contributed by atoms with van der Waals surface area (Å²) in [5.74, 6) is 0.0971. The number of hydrogen-bond acceptors (Lipinski definition) is 3. The SMILES string of the molecule is O=C(CSc1ccc(Cl)cc1)N/N=C/c1ccccc1Cl. The van der Waals surface area contributed by atoms with Gasteiger partial charge in [-0.25, -0.2) is 5.43 Å². The number of thioether (sulfide) groups is 1. The van der Waals surface area contributed by atoms with Crippen LogP contribution in [0, 0.1) is 0 Å². The van der Waals surface area contributed by atoms with E-state index in [1.807, 2.05) is 30.3 Å². The number of halogens is 2. The van der Waals surface area contributed by atoms with Gasteiger partial charge in [-0.1, -0.05) is 41.4 Å².